The number of aryl methyl sites for hydroxylation is 1. The van der Waals surface area contributed by atoms with Crippen molar-refractivity contribution in [1.29, 1.82) is 0 Å². The summed E-state index contributed by atoms with van der Waals surface area (Å²) in [5.74, 6) is -0.516. The lowest BCUT2D eigenvalue weighted by Crippen LogP contribution is -2.16. The lowest BCUT2D eigenvalue weighted by Gasteiger charge is -2.10. The number of anilines is 1. The van der Waals surface area contributed by atoms with E-state index < -0.39 is 12.1 Å². The maximum Gasteiger partial charge on any atom is 0.411 e. The van der Waals surface area contributed by atoms with Crippen LogP contribution in [0.5, 0.6) is 0 Å². The van der Waals surface area contributed by atoms with E-state index in [1.807, 2.05) is 6.92 Å². The van der Waals surface area contributed by atoms with E-state index in [-0.39, 0.29) is 12.2 Å². The molecule has 0 aliphatic rings. The van der Waals surface area contributed by atoms with Crippen LogP contribution in [0, 0.1) is 6.92 Å². The van der Waals surface area contributed by atoms with Crippen molar-refractivity contribution >= 4 is 17.7 Å². The Morgan fingerprint density at radius 1 is 1.44 bits per heavy atom. The number of esters is 1. The number of nitrogens with one attached hydrogen (secondary N) is 1. The second kappa shape index (κ2) is 6.44. The first-order valence-electron chi connectivity index (χ1n) is 5.32. The fourth-order valence-electron chi connectivity index (χ4n) is 1.33. The van der Waals surface area contributed by atoms with Crippen molar-refractivity contribution in [3.63, 3.8) is 0 Å². The molecule has 1 amide bonds. The second-order valence-electron chi connectivity index (χ2n) is 3.55. The minimum Gasteiger partial charge on any atom is -0.465 e. The van der Waals surface area contributed by atoms with Gasteiger partial charge in [-0.1, -0.05) is 24.3 Å². The molecule has 0 bridgehead atoms. The predicted octanol–water partition coefficient (Wildman–Crippen LogP) is 2.52. The van der Waals surface area contributed by atoms with Crippen molar-refractivity contribution in [3.05, 3.63) is 42.0 Å². The molecule has 0 heterocycles. The van der Waals surface area contributed by atoms with Gasteiger partial charge in [-0.05, 0) is 19.1 Å². The molecule has 0 fully saturated rings. The van der Waals surface area contributed by atoms with Crippen LogP contribution >= 0.6 is 0 Å². The Kier molecular flexibility index (Phi) is 4.92. The Balaban J connectivity index is 2.90. The summed E-state index contributed by atoms with van der Waals surface area (Å²) in [4.78, 5) is 22.9. The summed E-state index contributed by atoms with van der Waals surface area (Å²) >= 11 is 0. The molecule has 0 aliphatic carbocycles. The van der Waals surface area contributed by atoms with E-state index in [9.17, 15) is 9.59 Å². The summed E-state index contributed by atoms with van der Waals surface area (Å²) < 4.78 is 9.42. The number of rotatable bonds is 4. The molecule has 0 aromatic heterocycles. The maximum atomic E-state index is 11.6. The second-order valence-corrected chi connectivity index (χ2v) is 3.55. The number of hydrogen-bond acceptors (Lipinski definition) is 4. The van der Waals surface area contributed by atoms with Crippen molar-refractivity contribution < 1.29 is 19.1 Å². The summed E-state index contributed by atoms with van der Waals surface area (Å²) in [7, 11) is 1.28. The number of methoxy groups -OCH3 is 1. The molecule has 1 aromatic rings. The van der Waals surface area contributed by atoms with Crippen molar-refractivity contribution in [1.82, 2.24) is 0 Å². The Labute approximate surface area is 105 Å². The fraction of sp³-hybridized carbons (Fsp3) is 0.231. The molecule has 0 saturated carbocycles. The van der Waals surface area contributed by atoms with E-state index in [2.05, 4.69) is 16.6 Å². The third-order valence-electron chi connectivity index (χ3n) is 2.15. The fourth-order valence-corrected chi connectivity index (χ4v) is 1.33. The molecule has 1 N–H and O–H groups in total. The van der Waals surface area contributed by atoms with Crippen molar-refractivity contribution in [2.24, 2.45) is 0 Å². The molecule has 0 radical (unpaired) electrons. The zero-order valence-electron chi connectivity index (χ0n) is 10.4. The normalized spacial score (nSPS) is 9.44. The van der Waals surface area contributed by atoms with Crippen LogP contribution < -0.4 is 5.32 Å². The average Bonchev–Trinajstić information content (AvgIpc) is 2.37. The lowest BCUT2D eigenvalue weighted by atomic mass is 10.1. The molecule has 1 aromatic carbocycles. The molecule has 96 valence electrons. The number of amides is 1. The largest absolute Gasteiger partial charge is 0.465 e. The Hall–Kier alpha value is -2.30. The van der Waals surface area contributed by atoms with Crippen LogP contribution in [0.2, 0.25) is 0 Å². The van der Waals surface area contributed by atoms with Crippen LogP contribution in [-0.2, 0) is 9.47 Å². The van der Waals surface area contributed by atoms with Crippen LogP contribution in [-0.4, -0.2) is 25.8 Å². The molecule has 0 spiro atoms. The molecule has 0 atom stereocenters. The molecule has 0 aliphatic heterocycles. The van der Waals surface area contributed by atoms with Gasteiger partial charge >= 0.3 is 12.1 Å². The van der Waals surface area contributed by atoms with Gasteiger partial charge in [0.25, 0.3) is 0 Å². The highest BCUT2D eigenvalue weighted by atomic mass is 16.5. The summed E-state index contributed by atoms with van der Waals surface area (Å²) in [6, 6.07) is 5.03. The minimum atomic E-state index is -0.649. The summed E-state index contributed by atoms with van der Waals surface area (Å²) in [6.07, 6.45) is 0.805. The average molecular weight is 249 g/mol. The van der Waals surface area contributed by atoms with Gasteiger partial charge in [-0.25, -0.2) is 9.59 Å². The van der Waals surface area contributed by atoms with Gasteiger partial charge < -0.3 is 9.47 Å². The molecule has 0 unspecified atom stereocenters. The molecule has 1 rings (SSSR count). The summed E-state index contributed by atoms with van der Waals surface area (Å²) in [6.45, 7) is 5.37. The smallest absolute Gasteiger partial charge is 0.411 e. The number of carbonyl (C=O) groups is 2. The molecule has 5 nitrogen and oxygen atoms in total. The molecule has 5 heteroatoms. The molecule has 0 saturated heterocycles. The topological polar surface area (TPSA) is 64.6 Å². The molecule has 18 heavy (non-hydrogen) atoms. The van der Waals surface area contributed by atoms with Gasteiger partial charge in [-0.15, -0.1) is 0 Å². The first-order valence-corrected chi connectivity index (χ1v) is 5.32. The van der Waals surface area contributed by atoms with Crippen LogP contribution in [0.3, 0.4) is 0 Å². The van der Waals surface area contributed by atoms with Gasteiger partial charge in [0.1, 0.15) is 6.61 Å². The van der Waals surface area contributed by atoms with Crippen LogP contribution in [0.1, 0.15) is 15.9 Å². The van der Waals surface area contributed by atoms with E-state index in [1.165, 1.54) is 13.2 Å². The SMILES string of the molecule is C=CCOC(=O)Nc1ccc(C)cc1C(=O)OC. The van der Waals surface area contributed by atoms with Gasteiger partial charge in [-0.2, -0.15) is 0 Å². The van der Waals surface area contributed by atoms with Crippen molar-refractivity contribution in [2.75, 3.05) is 19.0 Å². The first-order chi connectivity index (χ1) is 8.58. The third kappa shape index (κ3) is 3.62. The number of hydrogen-bond donors (Lipinski definition) is 1. The predicted molar refractivity (Wildman–Crippen MR) is 67.7 cm³/mol. The van der Waals surface area contributed by atoms with E-state index in [0.717, 1.165) is 5.56 Å². The third-order valence-corrected chi connectivity index (χ3v) is 2.15. The Bertz CT molecular complexity index is 468. The van der Waals surface area contributed by atoms with Crippen LogP contribution in [0.25, 0.3) is 0 Å². The zero-order chi connectivity index (χ0) is 13.5. The summed E-state index contributed by atoms with van der Waals surface area (Å²) in [5, 5.41) is 2.48. The number of carbonyl (C=O) groups excluding carboxylic acids is 2. The van der Waals surface area contributed by atoms with Crippen LogP contribution in [0.15, 0.2) is 30.9 Å². The van der Waals surface area contributed by atoms with Crippen LogP contribution in [0.4, 0.5) is 10.5 Å². The summed E-state index contributed by atoms with van der Waals surface area (Å²) in [5.41, 5.74) is 1.52. The lowest BCUT2D eigenvalue weighted by molar-refractivity contribution is 0.0602. The number of ether oxygens (including phenoxy) is 2. The standard InChI is InChI=1S/C13H15NO4/c1-4-7-18-13(16)14-11-6-5-9(2)8-10(11)12(15)17-3/h4-6,8H,1,7H2,2-3H3,(H,14,16). The Morgan fingerprint density at radius 2 is 2.17 bits per heavy atom. The highest BCUT2D eigenvalue weighted by Crippen LogP contribution is 2.18. The van der Waals surface area contributed by atoms with E-state index in [4.69, 9.17) is 4.74 Å². The quantitative estimate of drug-likeness (QED) is 0.657. The zero-order valence-corrected chi connectivity index (χ0v) is 10.4. The first kappa shape index (κ1) is 13.8. The van der Waals surface area contributed by atoms with Gasteiger partial charge in [0.2, 0.25) is 0 Å². The van der Waals surface area contributed by atoms with E-state index >= 15 is 0 Å². The van der Waals surface area contributed by atoms with Crippen molar-refractivity contribution in [3.8, 4) is 0 Å². The van der Waals surface area contributed by atoms with Gasteiger partial charge in [0.15, 0.2) is 0 Å². The molecular weight excluding hydrogens is 234 g/mol. The Morgan fingerprint density at radius 3 is 2.78 bits per heavy atom. The van der Waals surface area contributed by atoms with Gasteiger partial charge in [0, 0.05) is 0 Å². The maximum absolute atomic E-state index is 11.6. The molecular formula is C13H15NO4. The number of benzene rings is 1. The van der Waals surface area contributed by atoms with E-state index in [1.54, 1.807) is 18.2 Å². The highest BCUT2D eigenvalue weighted by Gasteiger charge is 2.14. The monoisotopic (exact) mass is 249 g/mol. The van der Waals surface area contributed by atoms with E-state index in [0.29, 0.717) is 5.69 Å². The van der Waals surface area contributed by atoms with Crippen molar-refractivity contribution in [2.45, 2.75) is 6.92 Å². The highest BCUT2D eigenvalue weighted by molar-refractivity contribution is 5.99. The van der Waals surface area contributed by atoms with Gasteiger partial charge in [0.05, 0.1) is 18.4 Å². The van der Waals surface area contributed by atoms with Gasteiger partial charge in [-0.3, -0.25) is 5.32 Å². The minimum absolute atomic E-state index is 0.102.